The number of nitrogens with one attached hydrogen (secondary N) is 2. The van der Waals surface area contributed by atoms with Crippen molar-refractivity contribution >= 4 is 11.8 Å². The first-order chi connectivity index (χ1) is 6.49. The number of rotatable bonds is 2. The minimum absolute atomic E-state index is 0.0137. The van der Waals surface area contributed by atoms with Gasteiger partial charge < -0.3 is 10.6 Å². The van der Waals surface area contributed by atoms with E-state index in [1.807, 2.05) is 0 Å². The zero-order chi connectivity index (χ0) is 10.3. The second kappa shape index (κ2) is 2.97. The number of carbonyl (C=O) groups excluding carboxylic acids is 2. The molecule has 1 saturated heterocycles. The standard InChI is InChI=1S/C10H16N2O2/c1-10(2)4-7(10)12-9(14)6-3-8(13)11-5-6/h6-7H,3-5H2,1-2H3,(H,11,13)(H,12,14). The van der Waals surface area contributed by atoms with Gasteiger partial charge in [-0.1, -0.05) is 13.8 Å². The molecule has 2 unspecified atom stereocenters. The van der Waals surface area contributed by atoms with Gasteiger partial charge in [0.15, 0.2) is 0 Å². The van der Waals surface area contributed by atoms with Gasteiger partial charge in [-0.2, -0.15) is 0 Å². The van der Waals surface area contributed by atoms with Crippen LogP contribution in [0.2, 0.25) is 0 Å². The van der Waals surface area contributed by atoms with Crippen molar-refractivity contribution in [2.24, 2.45) is 11.3 Å². The van der Waals surface area contributed by atoms with E-state index in [4.69, 9.17) is 0 Å². The van der Waals surface area contributed by atoms with Gasteiger partial charge in [0, 0.05) is 19.0 Å². The largest absolute Gasteiger partial charge is 0.355 e. The van der Waals surface area contributed by atoms with E-state index in [0.29, 0.717) is 19.0 Å². The third-order valence-electron chi connectivity index (χ3n) is 3.18. The average Bonchev–Trinajstić information content (AvgIpc) is 2.52. The summed E-state index contributed by atoms with van der Waals surface area (Å²) in [4.78, 5) is 22.5. The summed E-state index contributed by atoms with van der Waals surface area (Å²) >= 11 is 0. The third kappa shape index (κ3) is 1.74. The maximum atomic E-state index is 11.6. The molecule has 2 aliphatic rings. The molecule has 0 radical (unpaired) electrons. The molecule has 1 heterocycles. The Bertz CT molecular complexity index is 286. The van der Waals surface area contributed by atoms with E-state index in [1.165, 1.54) is 0 Å². The fraction of sp³-hybridized carbons (Fsp3) is 0.800. The van der Waals surface area contributed by atoms with Crippen LogP contribution in [0.25, 0.3) is 0 Å². The zero-order valence-electron chi connectivity index (χ0n) is 8.59. The normalized spacial score (nSPS) is 33.7. The highest BCUT2D eigenvalue weighted by atomic mass is 16.2. The van der Waals surface area contributed by atoms with Crippen LogP contribution in [-0.2, 0) is 9.59 Å². The van der Waals surface area contributed by atoms with Gasteiger partial charge in [0.05, 0.1) is 5.92 Å². The second-order valence-electron chi connectivity index (χ2n) is 4.96. The Balaban J connectivity index is 1.82. The van der Waals surface area contributed by atoms with Gasteiger partial charge in [-0.05, 0) is 11.8 Å². The Morgan fingerprint density at radius 3 is 2.64 bits per heavy atom. The second-order valence-corrected chi connectivity index (χ2v) is 4.96. The molecule has 1 aliphatic heterocycles. The monoisotopic (exact) mass is 196 g/mol. The van der Waals surface area contributed by atoms with Gasteiger partial charge >= 0.3 is 0 Å². The first-order valence-electron chi connectivity index (χ1n) is 5.06. The molecule has 14 heavy (non-hydrogen) atoms. The van der Waals surface area contributed by atoms with E-state index in [2.05, 4.69) is 24.5 Å². The Morgan fingerprint density at radius 2 is 2.21 bits per heavy atom. The number of hydrogen-bond acceptors (Lipinski definition) is 2. The molecule has 2 fully saturated rings. The van der Waals surface area contributed by atoms with Crippen molar-refractivity contribution in [2.45, 2.75) is 32.7 Å². The molecule has 2 amide bonds. The average molecular weight is 196 g/mol. The van der Waals surface area contributed by atoms with Crippen molar-refractivity contribution in [3.63, 3.8) is 0 Å². The van der Waals surface area contributed by atoms with Gasteiger partial charge in [0.25, 0.3) is 0 Å². The summed E-state index contributed by atoms with van der Waals surface area (Å²) in [6.07, 6.45) is 1.39. The Hall–Kier alpha value is -1.06. The molecule has 0 aromatic heterocycles. The van der Waals surface area contributed by atoms with E-state index in [-0.39, 0.29) is 23.1 Å². The first kappa shape index (κ1) is 9.49. The van der Waals surface area contributed by atoms with Gasteiger partial charge in [-0.15, -0.1) is 0 Å². The van der Waals surface area contributed by atoms with Crippen molar-refractivity contribution in [1.29, 1.82) is 0 Å². The highest BCUT2D eigenvalue weighted by molar-refractivity contribution is 5.89. The molecular weight excluding hydrogens is 180 g/mol. The number of carbonyl (C=O) groups is 2. The van der Waals surface area contributed by atoms with Crippen LogP contribution in [0.1, 0.15) is 26.7 Å². The maximum Gasteiger partial charge on any atom is 0.225 e. The Kier molecular flexibility index (Phi) is 2.01. The molecule has 4 heteroatoms. The summed E-state index contributed by atoms with van der Waals surface area (Å²) < 4.78 is 0. The van der Waals surface area contributed by atoms with Crippen molar-refractivity contribution in [3.8, 4) is 0 Å². The fourth-order valence-electron chi connectivity index (χ4n) is 1.79. The van der Waals surface area contributed by atoms with Crippen molar-refractivity contribution in [1.82, 2.24) is 10.6 Å². The Morgan fingerprint density at radius 1 is 1.57 bits per heavy atom. The molecule has 1 saturated carbocycles. The van der Waals surface area contributed by atoms with E-state index in [9.17, 15) is 9.59 Å². The summed E-state index contributed by atoms with van der Waals surface area (Å²) in [7, 11) is 0. The van der Waals surface area contributed by atoms with Gasteiger partial charge in [-0.3, -0.25) is 9.59 Å². The van der Waals surface area contributed by atoms with E-state index >= 15 is 0 Å². The lowest BCUT2D eigenvalue weighted by molar-refractivity contribution is -0.126. The number of hydrogen-bond donors (Lipinski definition) is 2. The van der Waals surface area contributed by atoms with Gasteiger partial charge in [-0.25, -0.2) is 0 Å². The molecule has 2 rings (SSSR count). The van der Waals surface area contributed by atoms with E-state index in [1.54, 1.807) is 0 Å². The van der Waals surface area contributed by atoms with Gasteiger partial charge in [0.1, 0.15) is 0 Å². The number of amides is 2. The fourth-order valence-corrected chi connectivity index (χ4v) is 1.79. The van der Waals surface area contributed by atoms with Crippen LogP contribution in [-0.4, -0.2) is 24.4 Å². The van der Waals surface area contributed by atoms with Crippen molar-refractivity contribution in [2.75, 3.05) is 6.54 Å². The van der Waals surface area contributed by atoms with E-state index < -0.39 is 0 Å². The summed E-state index contributed by atoms with van der Waals surface area (Å²) in [5, 5.41) is 5.64. The molecule has 0 aromatic carbocycles. The lowest BCUT2D eigenvalue weighted by Gasteiger charge is -2.10. The van der Waals surface area contributed by atoms with Crippen LogP contribution in [0.5, 0.6) is 0 Å². The highest BCUT2D eigenvalue weighted by Gasteiger charge is 2.47. The molecule has 0 spiro atoms. The Labute approximate surface area is 83.4 Å². The smallest absolute Gasteiger partial charge is 0.225 e. The quantitative estimate of drug-likeness (QED) is 0.655. The molecular formula is C10H16N2O2. The molecule has 2 N–H and O–H groups in total. The van der Waals surface area contributed by atoms with Crippen LogP contribution in [0.15, 0.2) is 0 Å². The van der Waals surface area contributed by atoms with Crippen LogP contribution < -0.4 is 10.6 Å². The van der Waals surface area contributed by atoms with Crippen LogP contribution >= 0.6 is 0 Å². The third-order valence-corrected chi connectivity index (χ3v) is 3.18. The zero-order valence-corrected chi connectivity index (χ0v) is 8.59. The highest BCUT2D eigenvalue weighted by Crippen LogP contribution is 2.44. The van der Waals surface area contributed by atoms with Crippen molar-refractivity contribution in [3.05, 3.63) is 0 Å². The topological polar surface area (TPSA) is 58.2 Å². The summed E-state index contributed by atoms with van der Waals surface area (Å²) in [5.41, 5.74) is 0.256. The summed E-state index contributed by atoms with van der Waals surface area (Å²) in [5.74, 6) is -0.141. The minimum atomic E-state index is -0.154. The van der Waals surface area contributed by atoms with E-state index in [0.717, 1.165) is 6.42 Å². The predicted molar refractivity (Wildman–Crippen MR) is 51.4 cm³/mol. The lowest BCUT2D eigenvalue weighted by atomic mass is 10.1. The van der Waals surface area contributed by atoms with Crippen LogP contribution in [0, 0.1) is 11.3 Å². The lowest BCUT2D eigenvalue weighted by Crippen LogP contribution is -2.35. The van der Waals surface area contributed by atoms with Crippen LogP contribution in [0.3, 0.4) is 0 Å². The first-order valence-corrected chi connectivity index (χ1v) is 5.06. The summed E-state index contributed by atoms with van der Waals surface area (Å²) in [6.45, 7) is 4.77. The summed E-state index contributed by atoms with van der Waals surface area (Å²) in [6, 6.07) is 0.311. The van der Waals surface area contributed by atoms with Crippen molar-refractivity contribution < 1.29 is 9.59 Å². The molecule has 0 bridgehead atoms. The van der Waals surface area contributed by atoms with Gasteiger partial charge in [0.2, 0.25) is 11.8 Å². The van der Waals surface area contributed by atoms with Crippen LogP contribution in [0.4, 0.5) is 0 Å². The maximum absolute atomic E-state index is 11.6. The molecule has 4 nitrogen and oxygen atoms in total. The molecule has 1 aliphatic carbocycles. The molecule has 2 atom stereocenters. The predicted octanol–water partition coefficient (Wildman–Crippen LogP) is 0.0372. The minimum Gasteiger partial charge on any atom is -0.355 e. The molecule has 0 aromatic rings. The molecule has 78 valence electrons. The SMILES string of the molecule is CC1(C)CC1NC(=O)C1CNC(=O)C1.